The van der Waals surface area contributed by atoms with Crippen molar-refractivity contribution >= 4 is 6.08 Å². The molecule has 1 N–H and O–H groups in total. The van der Waals surface area contributed by atoms with Gasteiger partial charge in [0, 0.05) is 23.9 Å². The molecule has 0 saturated carbocycles. The highest BCUT2D eigenvalue weighted by Gasteiger charge is 2.12. The number of pyridine rings is 1. The van der Waals surface area contributed by atoms with Gasteiger partial charge in [0.2, 0.25) is 0 Å². The predicted molar refractivity (Wildman–Crippen MR) is 89.2 cm³/mol. The number of nitrogens with zero attached hydrogens (tertiary/aromatic N) is 1. The van der Waals surface area contributed by atoms with Crippen LogP contribution in [0.25, 0.3) is 17.3 Å². The number of hydrogen-bond donors (Lipinski definition) is 1. The van der Waals surface area contributed by atoms with Crippen molar-refractivity contribution in [3.05, 3.63) is 57.4 Å². The Balaban J connectivity index is 2.65. The lowest BCUT2D eigenvalue weighted by atomic mass is 10.0. The molecule has 2 rings (SSSR count). The van der Waals surface area contributed by atoms with Crippen LogP contribution >= 0.6 is 0 Å². The monoisotopic (exact) mass is 310 g/mol. The van der Waals surface area contributed by atoms with Crippen LogP contribution < -0.4 is 10.3 Å². The van der Waals surface area contributed by atoms with E-state index < -0.39 is 5.56 Å². The van der Waals surface area contributed by atoms with E-state index in [9.17, 15) is 4.79 Å². The molecule has 118 valence electrons. The number of aromatic amines is 1. The highest BCUT2D eigenvalue weighted by Crippen LogP contribution is 2.31. The molecule has 0 aliphatic carbocycles. The van der Waals surface area contributed by atoms with Crippen LogP contribution in [0.4, 0.5) is 0 Å². The molecule has 0 bridgehead atoms. The zero-order valence-corrected chi connectivity index (χ0v) is 13.3. The minimum atomic E-state index is -0.401. The Morgan fingerprint density at radius 2 is 2.09 bits per heavy atom. The van der Waals surface area contributed by atoms with E-state index in [1.165, 1.54) is 6.07 Å². The molecule has 1 aromatic carbocycles. The van der Waals surface area contributed by atoms with E-state index in [1.54, 1.807) is 20.3 Å². The number of hydrogen-bond acceptors (Lipinski definition) is 4. The number of rotatable bonds is 5. The average Bonchev–Trinajstić information content (AvgIpc) is 2.55. The van der Waals surface area contributed by atoms with Crippen LogP contribution in [0, 0.1) is 11.3 Å². The molecule has 5 nitrogen and oxygen atoms in total. The summed E-state index contributed by atoms with van der Waals surface area (Å²) in [6.45, 7) is 2.31. The van der Waals surface area contributed by atoms with Crippen molar-refractivity contribution in [2.75, 3.05) is 14.2 Å². The maximum atomic E-state index is 11.8. The Hall–Kier alpha value is -2.84. The van der Waals surface area contributed by atoms with Crippen LogP contribution in [-0.2, 0) is 11.3 Å². The van der Waals surface area contributed by atoms with Gasteiger partial charge in [0.25, 0.3) is 5.56 Å². The van der Waals surface area contributed by atoms with Crippen LogP contribution in [0.5, 0.6) is 5.75 Å². The van der Waals surface area contributed by atoms with Gasteiger partial charge in [-0.25, -0.2) is 0 Å². The first-order valence-electron chi connectivity index (χ1n) is 7.11. The van der Waals surface area contributed by atoms with Gasteiger partial charge in [-0.1, -0.05) is 12.2 Å². The van der Waals surface area contributed by atoms with Crippen LogP contribution in [0.3, 0.4) is 0 Å². The molecular weight excluding hydrogens is 292 g/mol. The topological polar surface area (TPSA) is 75.1 Å². The van der Waals surface area contributed by atoms with Crippen molar-refractivity contribution in [2.45, 2.75) is 13.5 Å². The zero-order valence-electron chi connectivity index (χ0n) is 13.3. The maximum absolute atomic E-state index is 11.8. The van der Waals surface area contributed by atoms with Gasteiger partial charge in [-0.2, -0.15) is 5.26 Å². The Kier molecular flexibility index (Phi) is 5.34. The van der Waals surface area contributed by atoms with Gasteiger partial charge in [-0.05, 0) is 36.8 Å². The Labute approximate surface area is 134 Å². The average molecular weight is 310 g/mol. The highest BCUT2D eigenvalue weighted by atomic mass is 16.5. The van der Waals surface area contributed by atoms with E-state index in [0.29, 0.717) is 12.3 Å². The van der Waals surface area contributed by atoms with Gasteiger partial charge >= 0.3 is 0 Å². The minimum Gasteiger partial charge on any atom is -0.496 e. The summed E-state index contributed by atoms with van der Waals surface area (Å²) < 4.78 is 10.7. The van der Waals surface area contributed by atoms with E-state index in [2.05, 4.69) is 4.98 Å². The van der Waals surface area contributed by atoms with Crippen LogP contribution in [0.1, 0.15) is 23.6 Å². The van der Waals surface area contributed by atoms with Crippen molar-refractivity contribution in [1.82, 2.24) is 4.98 Å². The lowest BCUT2D eigenvalue weighted by Gasteiger charge is -2.14. The number of methoxy groups -OCH3 is 2. The molecule has 0 unspecified atom stereocenters. The largest absolute Gasteiger partial charge is 0.496 e. The maximum Gasteiger partial charge on any atom is 0.266 e. The van der Waals surface area contributed by atoms with Gasteiger partial charge in [0.15, 0.2) is 0 Å². The first-order chi connectivity index (χ1) is 11.1. The van der Waals surface area contributed by atoms with E-state index >= 15 is 0 Å². The summed E-state index contributed by atoms with van der Waals surface area (Å²) in [4.78, 5) is 14.6. The molecule has 2 aromatic rings. The summed E-state index contributed by atoms with van der Waals surface area (Å²) in [5, 5.41) is 8.86. The van der Waals surface area contributed by atoms with Crippen molar-refractivity contribution in [1.29, 1.82) is 5.26 Å². The summed E-state index contributed by atoms with van der Waals surface area (Å²) in [5.74, 6) is 0.740. The fourth-order valence-corrected chi connectivity index (χ4v) is 2.41. The molecular formula is C18H18N2O3. The lowest BCUT2D eigenvalue weighted by Crippen LogP contribution is -2.10. The Bertz CT molecular complexity index is 829. The molecule has 5 heteroatoms. The second kappa shape index (κ2) is 7.43. The van der Waals surface area contributed by atoms with E-state index in [4.69, 9.17) is 14.7 Å². The van der Waals surface area contributed by atoms with Crippen molar-refractivity contribution in [3.63, 3.8) is 0 Å². The molecule has 0 aliphatic rings. The fourth-order valence-electron chi connectivity index (χ4n) is 2.41. The summed E-state index contributed by atoms with van der Waals surface area (Å²) in [7, 11) is 3.23. The summed E-state index contributed by atoms with van der Waals surface area (Å²) in [6, 6.07) is 8.93. The third kappa shape index (κ3) is 3.50. The fraction of sp³-hybridized carbons (Fsp3) is 0.222. The number of allylic oxidation sites excluding steroid dienone is 1. The van der Waals surface area contributed by atoms with Crippen LogP contribution in [0.2, 0.25) is 0 Å². The smallest absolute Gasteiger partial charge is 0.266 e. The van der Waals surface area contributed by atoms with Gasteiger partial charge in [0.1, 0.15) is 17.4 Å². The van der Waals surface area contributed by atoms with Crippen LogP contribution in [0.15, 0.2) is 35.1 Å². The molecule has 0 saturated heterocycles. The number of aromatic nitrogens is 1. The summed E-state index contributed by atoms with van der Waals surface area (Å²) in [5.41, 5.74) is 2.93. The second-order valence-corrected chi connectivity index (χ2v) is 4.92. The van der Waals surface area contributed by atoms with Gasteiger partial charge in [-0.3, -0.25) is 4.79 Å². The quantitative estimate of drug-likeness (QED) is 0.920. The summed E-state index contributed by atoms with van der Waals surface area (Å²) in [6.07, 6.45) is 3.85. The number of H-pyrrole nitrogens is 1. The number of benzene rings is 1. The molecule has 1 heterocycles. The van der Waals surface area contributed by atoms with Gasteiger partial charge < -0.3 is 14.5 Å². The van der Waals surface area contributed by atoms with E-state index in [1.807, 2.05) is 37.3 Å². The third-order valence-electron chi connectivity index (χ3n) is 3.39. The standard InChI is InChI=1S/C18H18N2O3/c1-4-5-12-8-14(9-15(11-22-2)17(12)23-3)16-7-6-13(10-19)18(21)20-16/h4-9H,11H2,1-3H3,(H,20,21). The Morgan fingerprint density at radius 1 is 1.30 bits per heavy atom. The van der Waals surface area contributed by atoms with Gasteiger partial charge in [0.05, 0.1) is 13.7 Å². The first kappa shape index (κ1) is 16.5. The SMILES string of the molecule is CC=Cc1cc(-c2ccc(C#N)c(=O)[nH]2)cc(COC)c1OC. The van der Waals surface area contributed by atoms with E-state index in [0.717, 1.165) is 22.4 Å². The van der Waals surface area contributed by atoms with Gasteiger partial charge in [-0.15, -0.1) is 0 Å². The number of ether oxygens (including phenoxy) is 2. The number of nitrogens with one attached hydrogen (secondary N) is 1. The van der Waals surface area contributed by atoms with Crippen LogP contribution in [-0.4, -0.2) is 19.2 Å². The second-order valence-electron chi connectivity index (χ2n) is 4.92. The third-order valence-corrected chi connectivity index (χ3v) is 3.39. The Morgan fingerprint density at radius 3 is 2.65 bits per heavy atom. The molecule has 0 amide bonds. The molecule has 0 fully saturated rings. The van der Waals surface area contributed by atoms with E-state index in [-0.39, 0.29) is 5.56 Å². The minimum absolute atomic E-state index is 0.0908. The lowest BCUT2D eigenvalue weighted by molar-refractivity contribution is 0.181. The van der Waals surface area contributed by atoms with Crippen molar-refractivity contribution in [3.8, 4) is 23.1 Å². The first-order valence-corrected chi connectivity index (χ1v) is 7.11. The molecule has 0 aliphatic heterocycles. The van der Waals surface area contributed by atoms with Crippen molar-refractivity contribution < 1.29 is 9.47 Å². The number of nitriles is 1. The highest BCUT2D eigenvalue weighted by molar-refractivity contribution is 5.70. The normalized spacial score (nSPS) is 10.7. The predicted octanol–water partition coefficient (Wildman–Crippen LogP) is 3.10. The molecule has 0 spiro atoms. The summed E-state index contributed by atoms with van der Waals surface area (Å²) >= 11 is 0. The molecule has 0 radical (unpaired) electrons. The zero-order chi connectivity index (χ0) is 16.8. The molecule has 1 aromatic heterocycles. The van der Waals surface area contributed by atoms with Crippen molar-refractivity contribution in [2.24, 2.45) is 0 Å². The molecule has 23 heavy (non-hydrogen) atoms. The molecule has 0 atom stereocenters.